The van der Waals surface area contributed by atoms with E-state index in [1.807, 2.05) is 30.6 Å². The van der Waals surface area contributed by atoms with Crippen LogP contribution in [0.5, 0.6) is 0 Å². The van der Waals surface area contributed by atoms with Gasteiger partial charge in [-0.05, 0) is 172 Å². The predicted molar refractivity (Wildman–Crippen MR) is 554 cm³/mol. The van der Waals surface area contributed by atoms with Gasteiger partial charge in [-0.15, -0.1) is 0 Å². The van der Waals surface area contributed by atoms with Crippen LogP contribution in [0.3, 0.4) is 0 Å². The molecule has 0 radical (unpaired) electrons. The molecule has 616 valence electrons. The minimum Gasteiger partial charge on any atom is -0.256 e. The normalized spacial score (nSPS) is 11.3. The molecule has 0 saturated heterocycles. The van der Waals surface area contributed by atoms with E-state index >= 15 is 0 Å². The maximum absolute atomic E-state index is 5.38. The lowest BCUT2D eigenvalue weighted by Gasteiger charge is -2.16. The number of pyridine rings is 6. The average Bonchev–Trinajstić information content (AvgIpc) is 0.745. The van der Waals surface area contributed by atoms with Crippen LogP contribution in [0.15, 0.2) is 498 Å². The zero-order valence-corrected chi connectivity index (χ0v) is 72.0. The highest BCUT2D eigenvalue weighted by Gasteiger charge is 2.22. The fourth-order valence-corrected chi connectivity index (χ4v) is 19.0. The Labute approximate surface area is 765 Å². The molecule has 0 atom stereocenters. The van der Waals surface area contributed by atoms with Gasteiger partial charge in [0, 0.05) is 94.3 Å². The largest absolute Gasteiger partial charge is 0.256 e. The van der Waals surface area contributed by atoms with Gasteiger partial charge in [0.05, 0.1) is 55.9 Å². The lowest BCUT2D eigenvalue weighted by atomic mass is 9.91. The average molecular weight is 1680 g/mol. The molecule has 6 heterocycles. The highest BCUT2D eigenvalue weighted by molar-refractivity contribution is 6.19. The lowest BCUT2D eigenvalue weighted by Crippen LogP contribution is -1.94. The van der Waals surface area contributed by atoms with Crippen LogP contribution in [0.2, 0.25) is 0 Å². The smallest absolute Gasteiger partial charge is 0.0794 e. The Hall–Kier alpha value is -17.6. The standard InChI is InChI=1S/C46H30N2.2C40H26N2/c1-4-14-31(15-5-1)39-28-42-41(33-18-8-3-9-19-33)30-45(48-46(42)38-22-11-10-20-36(38)39)35-26-24-34(25-27-35)44-29-40(32-16-6-2-7-17-32)37-21-12-13-23-43(37)47-44;1-3-11-28(12-4-1)35-24-37-36(29-13-5-2-6-14-29)25-39(42-40(37)34-17-9-8-16-33(34)35)30-21-19-27(20-22-30)32-23-31-15-7-10-18-38(31)41-26-32;1-3-11-27(12-4-1)35-25-37-36(28-13-5-2-6-14-28)26-38(42-40(37)34-18-8-7-17-33(34)35)30-22-20-29(21-23-30)32-19-9-15-31-16-10-24-41-39(31)32/h1-30H;2*1-26H. The SMILES string of the molecule is c1ccc(-c2cc(-c3ccc(-c4cc(-c5ccccc5)c5cc(-c6ccccc6)c6ccccc6c5n4)cc3)nc3ccccc23)cc1.c1ccc(-c2cc3c(-c4ccccc4)cc(-c4ccc(-c5cccc6cccnc56)cc4)nc3c3ccccc23)cc1.c1ccc(-c2cc3c(-c4ccccc4)cc(-c4ccc(-c5cnc6ccccc6c5)cc4)nc3c3ccccc23)cc1. The van der Waals surface area contributed by atoms with Crippen molar-refractivity contribution in [1.29, 1.82) is 0 Å². The number of hydrogen-bond donors (Lipinski definition) is 0. The zero-order chi connectivity index (χ0) is 87.6. The van der Waals surface area contributed by atoms with Crippen LogP contribution in [0, 0.1) is 0 Å². The fourth-order valence-electron chi connectivity index (χ4n) is 19.0. The van der Waals surface area contributed by atoms with Crippen molar-refractivity contribution >= 4 is 97.7 Å². The summed E-state index contributed by atoms with van der Waals surface area (Å²) in [7, 11) is 0. The maximum atomic E-state index is 5.38. The number of para-hydroxylation sites is 3. The highest BCUT2D eigenvalue weighted by atomic mass is 14.7. The summed E-state index contributed by atoms with van der Waals surface area (Å²) in [5.41, 5.74) is 35.4. The second-order valence-electron chi connectivity index (χ2n) is 33.4. The number of benzene rings is 19. The van der Waals surface area contributed by atoms with Crippen molar-refractivity contribution in [2.45, 2.75) is 0 Å². The Bertz CT molecular complexity index is 8610. The topological polar surface area (TPSA) is 77.3 Å². The molecule has 0 spiro atoms. The Kier molecular flexibility index (Phi) is 21.0. The molecular formula is C126H82N6. The highest BCUT2D eigenvalue weighted by Crippen LogP contribution is 2.46. The first-order valence-electron chi connectivity index (χ1n) is 44.8. The molecule has 25 rings (SSSR count). The minimum atomic E-state index is 0.946. The van der Waals surface area contributed by atoms with E-state index < -0.39 is 0 Å². The molecule has 0 unspecified atom stereocenters. The van der Waals surface area contributed by atoms with Gasteiger partial charge in [0.1, 0.15) is 0 Å². The summed E-state index contributed by atoms with van der Waals surface area (Å²) < 4.78 is 0. The molecule has 0 saturated carbocycles. The molecule has 0 aliphatic carbocycles. The summed E-state index contributed by atoms with van der Waals surface area (Å²) in [5.74, 6) is 0. The van der Waals surface area contributed by atoms with Gasteiger partial charge in [-0.25, -0.2) is 19.9 Å². The van der Waals surface area contributed by atoms with E-state index in [1.165, 1.54) is 94.0 Å². The number of rotatable bonds is 13. The van der Waals surface area contributed by atoms with Crippen LogP contribution in [-0.4, -0.2) is 29.9 Å². The summed E-state index contributed by atoms with van der Waals surface area (Å²) in [6, 6.07) is 172. The molecule has 0 amide bonds. The molecule has 19 aromatic carbocycles. The minimum absolute atomic E-state index is 0.946. The van der Waals surface area contributed by atoms with E-state index in [1.54, 1.807) is 0 Å². The molecule has 25 aromatic rings. The molecule has 0 N–H and O–H groups in total. The predicted octanol–water partition coefficient (Wildman–Crippen LogP) is 33.5. The monoisotopic (exact) mass is 1680 g/mol. The summed E-state index contributed by atoms with van der Waals surface area (Å²) in [6.45, 7) is 0. The van der Waals surface area contributed by atoms with Crippen LogP contribution in [0.1, 0.15) is 0 Å². The molecule has 6 aromatic heterocycles. The lowest BCUT2D eigenvalue weighted by molar-refractivity contribution is 1.38. The van der Waals surface area contributed by atoms with E-state index in [4.69, 9.17) is 19.9 Å². The first kappa shape index (κ1) is 79.1. The van der Waals surface area contributed by atoms with E-state index in [9.17, 15) is 0 Å². The van der Waals surface area contributed by atoms with Crippen molar-refractivity contribution in [3.8, 4) is 145 Å². The van der Waals surface area contributed by atoms with Crippen LogP contribution in [0.4, 0.5) is 0 Å². The van der Waals surface area contributed by atoms with E-state index in [0.29, 0.717) is 0 Å². The van der Waals surface area contributed by atoms with Gasteiger partial charge in [0.2, 0.25) is 0 Å². The Morgan fingerprint density at radius 1 is 0.129 bits per heavy atom. The molecule has 132 heavy (non-hydrogen) atoms. The van der Waals surface area contributed by atoms with Crippen molar-refractivity contribution in [3.63, 3.8) is 0 Å². The van der Waals surface area contributed by atoms with E-state index in [2.05, 4.69) is 477 Å². The van der Waals surface area contributed by atoms with Gasteiger partial charge in [0.25, 0.3) is 0 Å². The van der Waals surface area contributed by atoms with Crippen LogP contribution >= 0.6 is 0 Å². The second kappa shape index (κ2) is 35.0. The van der Waals surface area contributed by atoms with Crippen molar-refractivity contribution in [3.05, 3.63) is 498 Å². The number of aromatic nitrogens is 6. The Balaban J connectivity index is 0.000000113. The zero-order valence-electron chi connectivity index (χ0n) is 72.0. The van der Waals surface area contributed by atoms with Crippen molar-refractivity contribution < 1.29 is 0 Å². The third-order valence-corrected chi connectivity index (χ3v) is 25.5. The number of nitrogens with zero attached hydrogens (tertiary/aromatic N) is 6. The van der Waals surface area contributed by atoms with Gasteiger partial charge in [-0.1, -0.05) is 419 Å². The summed E-state index contributed by atoms with van der Waals surface area (Å²) in [4.78, 5) is 30.4. The van der Waals surface area contributed by atoms with Crippen LogP contribution in [-0.2, 0) is 0 Å². The third kappa shape index (κ3) is 15.4. The van der Waals surface area contributed by atoms with Crippen molar-refractivity contribution in [1.82, 2.24) is 29.9 Å². The van der Waals surface area contributed by atoms with Gasteiger partial charge in [-0.2, -0.15) is 0 Å². The molecule has 0 aliphatic heterocycles. The number of hydrogen-bond acceptors (Lipinski definition) is 6. The molecular weight excluding hydrogens is 1600 g/mol. The van der Waals surface area contributed by atoms with Gasteiger partial charge < -0.3 is 0 Å². The Morgan fingerprint density at radius 3 is 0.780 bits per heavy atom. The van der Waals surface area contributed by atoms with Gasteiger partial charge in [-0.3, -0.25) is 9.97 Å². The van der Waals surface area contributed by atoms with Crippen LogP contribution in [0.25, 0.3) is 243 Å². The molecule has 0 fully saturated rings. The van der Waals surface area contributed by atoms with E-state index in [-0.39, 0.29) is 0 Å². The Morgan fingerprint density at radius 2 is 0.402 bits per heavy atom. The van der Waals surface area contributed by atoms with Crippen molar-refractivity contribution in [2.75, 3.05) is 0 Å². The summed E-state index contributed by atoms with van der Waals surface area (Å²) in [6.07, 6.45) is 3.81. The van der Waals surface area contributed by atoms with E-state index in [0.717, 1.165) is 149 Å². The maximum Gasteiger partial charge on any atom is 0.0794 e. The molecule has 0 aliphatic rings. The fraction of sp³-hybridized carbons (Fsp3) is 0. The third-order valence-electron chi connectivity index (χ3n) is 25.5. The number of fused-ring (bicyclic) bond motifs is 12. The van der Waals surface area contributed by atoms with Gasteiger partial charge in [0.15, 0.2) is 0 Å². The second-order valence-corrected chi connectivity index (χ2v) is 33.4. The quantitative estimate of drug-likeness (QED) is 0.107. The molecule has 6 heteroatoms. The van der Waals surface area contributed by atoms with Gasteiger partial charge >= 0.3 is 0 Å². The molecule has 6 nitrogen and oxygen atoms in total. The summed E-state index contributed by atoms with van der Waals surface area (Å²) >= 11 is 0. The molecule has 0 bridgehead atoms. The summed E-state index contributed by atoms with van der Waals surface area (Å²) in [5, 5.41) is 14.0. The first-order valence-corrected chi connectivity index (χ1v) is 44.8. The first-order chi connectivity index (χ1) is 65.4. The van der Waals surface area contributed by atoms with Crippen LogP contribution < -0.4 is 0 Å². The van der Waals surface area contributed by atoms with Crippen molar-refractivity contribution in [2.24, 2.45) is 0 Å².